The monoisotopic (exact) mass is 285 g/mol. The summed E-state index contributed by atoms with van der Waals surface area (Å²) in [5.74, 6) is 1.07. The van der Waals surface area contributed by atoms with Gasteiger partial charge in [0, 0.05) is 25.9 Å². The molecule has 0 heterocycles. The first-order valence-electron chi connectivity index (χ1n) is 7.74. The summed E-state index contributed by atoms with van der Waals surface area (Å²) in [5.41, 5.74) is 5.58. The fraction of sp³-hybridized carbons (Fsp3) is 0.867. The summed E-state index contributed by atoms with van der Waals surface area (Å²) in [7, 11) is 0. The fourth-order valence-corrected chi connectivity index (χ4v) is 2.10. The second kappa shape index (κ2) is 11.7. The molecule has 5 heteroatoms. The van der Waals surface area contributed by atoms with Crippen molar-refractivity contribution in [1.29, 1.82) is 0 Å². The van der Waals surface area contributed by atoms with E-state index >= 15 is 0 Å². The lowest BCUT2D eigenvalue weighted by molar-refractivity contribution is -0.122. The van der Waals surface area contributed by atoms with E-state index in [1.165, 1.54) is 0 Å². The number of hydrogen-bond acceptors (Lipinski definition) is 3. The number of carbonyl (C=O) groups is 2. The van der Waals surface area contributed by atoms with E-state index in [1.54, 1.807) is 0 Å². The van der Waals surface area contributed by atoms with E-state index in [-0.39, 0.29) is 11.8 Å². The SMILES string of the molecule is CCCNC(=O)CCNC(=O)CCC(CCN)C(C)C. The molecule has 0 bridgehead atoms. The van der Waals surface area contributed by atoms with Gasteiger partial charge < -0.3 is 16.4 Å². The van der Waals surface area contributed by atoms with Crippen LogP contribution < -0.4 is 16.4 Å². The molecule has 1 unspecified atom stereocenters. The van der Waals surface area contributed by atoms with Crippen LogP contribution in [0.4, 0.5) is 0 Å². The van der Waals surface area contributed by atoms with Crippen molar-refractivity contribution in [1.82, 2.24) is 10.6 Å². The Kier molecular flexibility index (Phi) is 11.1. The van der Waals surface area contributed by atoms with Crippen LogP contribution in [0.25, 0.3) is 0 Å². The van der Waals surface area contributed by atoms with Gasteiger partial charge in [-0.3, -0.25) is 9.59 Å². The summed E-state index contributed by atoms with van der Waals surface area (Å²) in [5, 5.41) is 5.58. The lowest BCUT2D eigenvalue weighted by Gasteiger charge is -2.19. The molecular weight excluding hydrogens is 254 g/mol. The molecule has 0 aromatic heterocycles. The van der Waals surface area contributed by atoms with Crippen LogP contribution in [0.1, 0.15) is 52.9 Å². The first-order chi connectivity index (χ1) is 9.51. The highest BCUT2D eigenvalue weighted by molar-refractivity contribution is 5.78. The van der Waals surface area contributed by atoms with Crippen LogP contribution in [0.15, 0.2) is 0 Å². The normalized spacial score (nSPS) is 12.2. The van der Waals surface area contributed by atoms with Gasteiger partial charge >= 0.3 is 0 Å². The third kappa shape index (κ3) is 9.78. The first-order valence-corrected chi connectivity index (χ1v) is 7.74. The predicted octanol–water partition coefficient (Wildman–Crippen LogP) is 1.42. The quantitative estimate of drug-likeness (QED) is 0.537. The van der Waals surface area contributed by atoms with Crippen molar-refractivity contribution in [3.63, 3.8) is 0 Å². The van der Waals surface area contributed by atoms with Crippen LogP contribution in [0.2, 0.25) is 0 Å². The molecule has 0 radical (unpaired) electrons. The highest BCUT2D eigenvalue weighted by Gasteiger charge is 2.14. The molecule has 0 aromatic rings. The van der Waals surface area contributed by atoms with Gasteiger partial charge in [0.1, 0.15) is 0 Å². The fourth-order valence-electron chi connectivity index (χ4n) is 2.10. The van der Waals surface area contributed by atoms with Crippen LogP contribution in [-0.2, 0) is 9.59 Å². The van der Waals surface area contributed by atoms with Crippen molar-refractivity contribution >= 4 is 11.8 Å². The van der Waals surface area contributed by atoms with Gasteiger partial charge in [0.25, 0.3) is 0 Å². The molecule has 118 valence electrons. The molecule has 4 N–H and O–H groups in total. The van der Waals surface area contributed by atoms with E-state index in [1.807, 2.05) is 6.92 Å². The van der Waals surface area contributed by atoms with Crippen LogP contribution in [0, 0.1) is 11.8 Å². The minimum absolute atomic E-state index is 0.00432. The van der Waals surface area contributed by atoms with Crippen LogP contribution in [0.5, 0.6) is 0 Å². The van der Waals surface area contributed by atoms with Gasteiger partial charge in [0.15, 0.2) is 0 Å². The second-order valence-electron chi connectivity index (χ2n) is 5.57. The van der Waals surface area contributed by atoms with E-state index in [4.69, 9.17) is 5.73 Å². The standard InChI is InChI=1S/C15H31N3O2/c1-4-10-17-15(20)8-11-18-14(19)6-5-13(7-9-16)12(2)3/h12-13H,4-11,16H2,1-3H3,(H,17,20)(H,18,19). The summed E-state index contributed by atoms with van der Waals surface area (Å²) >= 11 is 0. The van der Waals surface area contributed by atoms with Gasteiger partial charge in [-0.05, 0) is 37.6 Å². The lowest BCUT2D eigenvalue weighted by Crippen LogP contribution is -2.31. The number of nitrogens with two attached hydrogens (primary N) is 1. The Morgan fingerprint density at radius 3 is 2.15 bits per heavy atom. The van der Waals surface area contributed by atoms with E-state index in [0.717, 1.165) is 19.3 Å². The summed E-state index contributed by atoms with van der Waals surface area (Å²) in [6.07, 6.45) is 3.62. The Morgan fingerprint density at radius 2 is 1.60 bits per heavy atom. The largest absolute Gasteiger partial charge is 0.356 e. The van der Waals surface area contributed by atoms with E-state index in [9.17, 15) is 9.59 Å². The topological polar surface area (TPSA) is 84.2 Å². The smallest absolute Gasteiger partial charge is 0.221 e. The van der Waals surface area contributed by atoms with Gasteiger partial charge in [-0.2, -0.15) is 0 Å². The Hall–Kier alpha value is -1.10. The Labute approximate surface area is 123 Å². The summed E-state index contributed by atoms with van der Waals surface area (Å²) < 4.78 is 0. The maximum absolute atomic E-state index is 11.7. The minimum Gasteiger partial charge on any atom is -0.356 e. The average molecular weight is 285 g/mol. The van der Waals surface area contributed by atoms with Crippen molar-refractivity contribution in [3.05, 3.63) is 0 Å². The summed E-state index contributed by atoms with van der Waals surface area (Å²) in [6, 6.07) is 0. The number of hydrogen-bond donors (Lipinski definition) is 3. The van der Waals surface area contributed by atoms with Crippen LogP contribution in [0.3, 0.4) is 0 Å². The van der Waals surface area contributed by atoms with Crippen molar-refractivity contribution in [2.24, 2.45) is 17.6 Å². The average Bonchev–Trinajstić information content (AvgIpc) is 2.40. The highest BCUT2D eigenvalue weighted by Crippen LogP contribution is 2.20. The molecule has 1 atom stereocenters. The van der Waals surface area contributed by atoms with Gasteiger partial charge in [0.2, 0.25) is 11.8 Å². The lowest BCUT2D eigenvalue weighted by atomic mass is 9.88. The number of rotatable bonds is 11. The van der Waals surface area contributed by atoms with Crippen molar-refractivity contribution < 1.29 is 9.59 Å². The second-order valence-corrected chi connectivity index (χ2v) is 5.57. The van der Waals surface area contributed by atoms with E-state index in [0.29, 0.717) is 44.3 Å². The van der Waals surface area contributed by atoms with Crippen molar-refractivity contribution in [3.8, 4) is 0 Å². The molecule has 20 heavy (non-hydrogen) atoms. The molecule has 0 aliphatic rings. The molecule has 0 aliphatic carbocycles. The predicted molar refractivity (Wildman–Crippen MR) is 82.2 cm³/mol. The van der Waals surface area contributed by atoms with Crippen molar-refractivity contribution in [2.75, 3.05) is 19.6 Å². The molecule has 0 saturated carbocycles. The van der Waals surface area contributed by atoms with Crippen LogP contribution in [-0.4, -0.2) is 31.4 Å². The van der Waals surface area contributed by atoms with Gasteiger partial charge in [-0.15, -0.1) is 0 Å². The van der Waals surface area contributed by atoms with Crippen molar-refractivity contribution in [2.45, 2.75) is 52.9 Å². The molecule has 0 aliphatic heterocycles. The Balaban J connectivity index is 3.74. The molecule has 2 amide bonds. The number of nitrogens with one attached hydrogen (secondary N) is 2. The van der Waals surface area contributed by atoms with E-state index < -0.39 is 0 Å². The molecule has 0 saturated heterocycles. The van der Waals surface area contributed by atoms with Gasteiger partial charge in [0.05, 0.1) is 0 Å². The Bertz CT molecular complexity index is 280. The molecule has 0 aromatic carbocycles. The van der Waals surface area contributed by atoms with E-state index in [2.05, 4.69) is 24.5 Å². The zero-order valence-corrected chi connectivity index (χ0v) is 13.2. The van der Waals surface area contributed by atoms with Crippen LogP contribution >= 0.6 is 0 Å². The summed E-state index contributed by atoms with van der Waals surface area (Å²) in [6.45, 7) is 8.11. The molecule has 0 spiro atoms. The molecule has 0 rings (SSSR count). The maximum atomic E-state index is 11.7. The molecule has 5 nitrogen and oxygen atoms in total. The third-order valence-corrected chi connectivity index (χ3v) is 3.47. The molecular formula is C15H31N3O2. The Morgan fingerprint density at radius 1 is 1.00 bits per heavy atom. The van der Waals surface area contributed by atoms with Gasteiger partial charge in [-0.1, -0.05) is 20.8 Å². The minimum atomic E-state index is -0.00432. The number of amides is 2. The number of carbonyl (C=O) groups excluding carboxylic acids is 2. The first kappa shape index (κ1) is 18.9. The highest BCUT2D eigenvalue weighted by atomic mass is 16.2. The maximum Gasteiger partial charge on any atom is 0.221 e. The zero-order chi connectivity index (χ0) is 15.4. The summed E-state index contributed by atoms with van der Waals surface area (Å²) in [4.78, 5) is 23.0. The zero-order valence-electron chi connectivity index (χ0n) is 13.2. The van der Waals surface area contributed by atoms with Gasteiger partial charge in [-0.25, -0.2) is 0 Å². The third-order valence-electron chi connectivity index (χ3n) is 3.47. The molecule has 0 fully saturated rings.